The van der Waals surface area contributed by atoms with Crippen molar-refractivity contribution in [1.29, 1.82) is 0 Å². The lowest BCUT2D eigenvalue weighted by Crippen LogP contribution is -2.25. The fourth-order valence-corrected chi connectivity index (χ4v) is 3.30. The third kappa shape index (κ3) is 3.74. The van der Waals surface area contributed by atoms with E-state index in [-0.39, 0.29) is 11.9 Å². The van der Waals surface area contributed by atoms with Crippen molar-refractivity contribution in [3.8, 4) is 5.75 Å². The molecule has 3 heterocycles. The second-order valence-corrected chi connectivity index (χ2v) is 7.18. The molecule has 154 valence electrons. The van der Waals surface area contributed by atoms with Crippen molar-refractivity contribution in [2.75, 3.05) is 24.3 Å². The summed E-state index contributed by atoms with van der Waals surface area (Å²) in [4.78, 5) is 17.5. The number of hydrogen-bond donors (Lipinski definition) is 3. The normalized spacial score (nSPS) is 12.1. The highest BCUT2D eigenvalue weighted by molar-refractivity contribution is 6.13. The fraction of sp³-hybridized carbons (Fsp3) is 0.238. The maximum Gasteiger partial charge on any atom is 0.257 e. The molecule has 0 saturated carbocycles. The molecule has 0 aliphatic carbocycles. The highest BCUT2D eigenvalue weighted by Crippen LogP contribution is 2.27. The summed E-state index contributed by atoms with van der Waals surface area (Å²) in [5, 5.41) is 15.2. The third-order valence-electron chi connectivity index (χ3n) is 4.66. The molecule has 0 fully saturated rings. The Hall–Kier alpha value is -3.72. The van der Waals surface area contributed by atoms with Gasteiger partial charge in [-0.15, -0.1) is 5.10 Å². The summed E-state index contributed by atoms with van der Waals surface area (Å²) in [6.45, 7) is 4.42. The molecular formula is C21H23N7O2. The zero-order valence-corrected chi connectivity index (χ0v) is 17.0. The van der Waals surface area contributed by atoms with Crippen LogP contribution in [0.2, 0.25) is 0 Å². The van der Waals surface area contributed by atoms with E-state index in [1.54, 1.807) is 31.6 Å². The van der Waals surface area contributed by atoms with Gasteiger partial charge in [-0.2, -0.15) is 5.10 Å². The molecule has 0 saturated heterocycles. The van der Waals surface area contributed by atoms with E-state index in [1.165, 1.54) is 0 Å². The molecular weight excluding hydrogens is 382 g/mol. The number of nitrogens with one attached hydrogen (secondary N) is 2. The van der Waals surface area contributed by atoms with Crippen molar-refractivity contribution in [3.63, 3.8) is 0 Å². The first-order chi connectivity index (χ1) is 14.5. The largest absolute Gasteiger partial charge is 0.493 e. The van der Waals surface area contributed by atoms with E-state index < -0.39 is 0 Å². The minimum atomic E-state index is -0.294. The SMILES string of the molecule is COc1cc(NC(=O)c2ccc(NC[C@H](C)N)c3ccnnc23)cn2cc(C)nc12. The van der Waals surface area contributed by atoms with Gasteiger partial charge in [0.2, 0.25) is 0 Å². The average molecular weight is 405 g/mol. The number of imidazole rings is 1. The van der Waals surface area contributed by atoms with E-state index in [2.05, 4.69) is 25.8 Å². The molecule has 0 spiro atoms. The second kappa shape index (κ2) is 7.96. The number of carbonyl (C=O) groups excluding carboxylic acids is 1. The number of rotatable bonds is 6. The van der Waals surface area contributed by atoms with Gasteiger partial charge in [-0.1, -0.05) is 0 Å². The quantitative estimate of drug-likeness (QED) is 0.451. The number of anilines is 2. The zero-order valence-electron chi connectivity index (χ0n) is 17.0. The first-order valence-electron chi connectivity index (χ1n) is 9.55. The molecule has 0 aliphatic rings. The highest BCUT2D eigenvalue weighted by atomic mass is 16.5. The van der Waals surface area contributed by atoms with Gasteiger partial charge in [-0.25, -0.2) is 4.98 Å². The summed E-state index contributed by atoms with van der Waals surface area (Å²) in [7, 11) is 1.57. The molecule has 4 N–H and O–H groups in total. The maximum absolute atomic E-state index is 13.1. The molecule has 3 aromatic heterocycles. The Morgan fingerprint density at radius 1 is 1.30 bits per heavy atom. The summed E-state index contributed by atoms with van der Waals surface area (Å²) >= 11 is 0. The number of fused-ring (bicyclic) bond motifs is 2. The Bertz CT molecular complexity index is 1230. The van der Waals surface area contributed by atoms with Gasteiger partial charge in [0.15, 0.2) is 11.4 Å². The number of aromatic nitrogens is 4. The molecule has 1 atom stereocenters. The van der Waals surface area contributed by atoms with Crippen LogP contribution in [0, 0.1) is 6.92 Å². The fourth-order valence-electron chi connectivity index (χ4n) is 3.30. The Morgan fingerprint density at radius 2 is 2.13 bits per heavy atom. The number of pyridine rings is 1. The Balaban J connectivity index is 1.69. The molecule has 0 aliphatic heterocycles. The monoisotopic (exact) mass is 405 g/mol. The molecule has 1 aromatic carbocycles. The van der Waals surface area contributed by atoms with E-state index in [0.717, 1.165) is 16.8 Å². The number of aryl methyl sites for hydroxylation is 1. The van der Waals surface area contributed by atoms with Gasteiger partial charge in [-0.05, 0) is 32.0 Å². The number of hydrogen-bond acceptors (Lipinski definition) is 7. The van der Waals surface area contributed by atoms with Gasteiger partial charge >= 0.3 is 0 Å². The van der Waals surface area contributed by atoms with Crippen LogP contribution < -0.4 is 21.1 Å². The van der Waals surface area contributed by atoms with Crippen LogP contribution in [0.4, 0.5) is 11.4 Å². The van der Waals surface area contributed by atoms with E-state index in [9.17, 15) is 4.79 Å². The Labute approximate surface area is 173 Å². The molecule has 9 heteroatoms. The van der Waals surface area contributed by atoms with Crippen LogP contribution in [0.25, 0.3) is 16.6 Å². The van der Waals surface area contributed by atoms with Gasteiger partial charge in [-0.3, -0.25) is 4.79 Å². The van der Waals surface area contributed by atoms with Crippen LogP contribution in [-0.4, -0.2) is 45.2 Å². The van der Waals surface area contributed by atoms with Crippen LogP contribution in [0.15, 0.2) is 42.9 Å². The Kier molecular flexibility index (Phi) is 5.20. The molecule has 0 unspecified atom stereocenters. The molecule has 0 bridgehead atoms. The number of amides is 1. The highest BCUT2D eigenvalue weighted by Gasteiger charge is 2.16. The number of carbonyl (C=O) groups is 1. The average Bonchev–Trinajstić information content (AvgIpc) is 3.11. The van der Waals surface area contributed by atoms with Crippen LogP contribution in [-0.2, 0) is 0 Å². The smallest absolute Gasteiger partial charge is 0.257 e. The second-order valence-electron chi connectivity index (χ2n) is 7.18. The lowest BCUT2D eigenvalue weighted by atomic mass is 10.1. The summed E-state index contributed by atoms with van der Waals surface area (Å²) in [5.41, 5.74) is 9.75. The van der Waals surface area contributed by atoms with E-state index in [1.807, 2.05) is 36.6 Å². The topological polar surface area (TPSA) is 119 Å². The lowest BCUT2D eigenvalue weighted by Gasteiger charge is -2.14. The van der Waals surface area contributed by atoms with Crippen molar-refractivity contribution in [2.45, 2.75) is 19.9 Å². The van der Waals surface area contributed by atoms with Crippen LogP contribution in [0.5, 0.6) is 5.75 Å². The maximum atomic E-state index is 13.1. The number of ether oxygens (including phenoxy) is 1. The molecule has 9 nitrogen and oxygen atoms in total. The lowest BCUT2D eigenvalue weighted by molar-refractivity contribution is 0.102. The summed E-state index contributed by atoms with van der Waals surface area (Å²) in [6.07, 6.45) is 5.26. The van der Waals surface area contributed by atoms with Crippen molar-refractivity contribution >= 4 is 33.8 Å². The first-order valence-corrected chi connectivity index (χ1v) is 9.55. The number of nitrogens with zero attached hydrogens (tertiary/aromatic N) is 4. The molecule has 30 heavy (non-hydrogen) atoms. The summed E-state index contributed by atoms with van der Waals surface area (Å²) < 4.78 is 7.25. The number of methoxy groups -OCH3 is 1. The minimum absolute atomic E-state index is 0.00506. The molecule has 1 amide bonds. The van der Waals surface area contributed by atoms with Gasteiger partial charge in [0.25, 0.3) is 5.91 Å². The van der Waals surface area contributed by atoms with Crippen molar-refractivity contribution in [1.82, 2.24) is 19.6 Å². The van der Waals surface area contributed by atoms with Crippen LogP contribution in [0.3, 0.4) is 0 Å². The first kappa shape index (κ1) is 19.6. The van der Waals surface area contributed by atoms with E-state index in [4.69, 9.17) is 10.5 Å². The van der Waals surface area contributed by atoms with Crippen molar-refractivity contribution in [2.24, 2.45) is 5.73 Å². The van der Waals surface area contributed by atoms with E-state index in [0.29, 0.717) is 34.7 Å². The standard InChI is InChI=1S/C21H23N7O2/c1-12(22)9-23-17-5-4-16(19-15(17)6-7-24-27-19)21(29)26-14-8-18(30-3)20-25-13(2)10-28(20)11-14/h4-8,10-12,23H,9,22H2,1-3H3,(H,26,29)/t12-/m0/s1. The van der Waals surface area contributed by atoms with Crippen LogP contribution >= 0.6 is 0 Å². The minimum Gasteiger partial charge on any atom is -0.493 e. The predicted molar refractivity (Wildman–Crippen MR) is 116 cm³/mol. The number of benzene rings is 1. The number of nitrogens with two attached hydrogens (primary N) is 1. The summed E-state index contributed by atoms with van der Waals surface area (Å²) in [5.74, 6) is 0.276. The predicted octanol–water partition coefficient (Wildman–Crippen LogP) is 2.61. The summed E-state index contributed by atoms with van der Waals surface area (Å²) in [6, 6.07) is 7.14. The Morgan fingerprint density at radius 3 is 2.90 bits per heavy atom. The van der Waals surface area contributed by atoms with E-state index >= 15 is 0 Å². The van der Waals surface area contributed by atoms with Crippen molar-refractivity contribution < 1.29 is 9.53 Å². The third-order valence-corrected chi connectivity index (χ3v) is 4.66. The molecule has 4 aromatic rings. The van der Waals surface area contributed by atoms with Gasteiger partial charge in [0.1, 0.15) is 5.52 Å². The van der Waals surface area contributed by atoms with Crippen LogP contribution in [0.1, 0.15) is 23.0 Å². The van der Waals surface area contributed by atoms with Gasteiger partial charge in [0, 0.05) is 42.1 Å². The molecule has 4 rings (SSSR count). The van der Waals surface area contributed by atoms with Crippen molar-refractivity contribution in [3.05, 3.63) is 54.1 Å². The van der Waals surface area contributed by atoms with Gasteiger partial charge < -0.3 is 25.5 Å². The van der Waals surface area contributed by atoms with Gasteiger partial charge in [0.05, 0.1) is 30.3 Å². The molecule has 0 radical (unpaired) electrons. The zero-order chi connectivity index (χ0) is 21.3.